The van der Waals surface area contributed by atoms with Crippen molar-refractivity contribution in [3.05, 3.63) is 137 Å². The number of nitro benzene ring substituents is 1. The molecular formula is C39H46N4O4. The van der Waals surface area contributed by atoms with Gasteiger partial charge in [0.15, 0.2) is 0 Å². The van der Waals surface area contributed by atoms with Crippen LogP contribution in [0.25, 0.3) is 32.7 Å². The van der Waals surface area contributed by atoms with Gasteiger partial charge in [0.25, 0.3) is 5.69 Å². The van der Waals surface area contributed by atoms with Gasteiger partial charge in [-0.15, -0.1) is 0 Å². The summed E-state index contributed by atoms with van der Waals surface area (Å²) in [6.45, 7) is 5.69. The lowest BCUT2D eigenvalue weighted by atomic mass is 10.2. The number of aromatic amines is 1. The summed E-state index contributed by atoms with van der Waals surface area (Å²) in [4.78, 5) is 22.2. The number of nitro groups is 1. The Balaban J connectivity index is 0.000000413. The van der Waals surface area contributed by atoms with Crippen LogP contribution in [0.15, 0.2) is 122 Å². The first kappa shape index (κ1) is 39.3. The Bertz CT molecular complexity index is 2020. The van der Waals surface area contributed by atoms with E-state index in [0.29, 0.717) is 17.1 Å². The number of ether oxygens (including phenoxy) is 2. The van der Waals surface area contributed by atoms with Crippen LogP contribution in [0.4, 0.5) is 5.69 Å². The molecule has 0 radical (unpaired) electrons. The fraction of sp³-hybridized carbons (Fsp3) is 0.179. The number of benzene rings is 4. The number of hydrogen-bond acceptors (Lipinski definition) is 6. The molecule has 7 rings (SSSR count). The van der Waals surface area contributed by atoms with Crippen molar-refractivity contribution in [1.29, 1.82) is 0 Å². The fourth-order valence-corrected chi connectivity index (χ4v) is 4.48. The fourth-order valence-electron chi connectivity index (χ4n) is 4.48. The second-order valence-electron chi connectivity index (χ2n) is 9.35. The zero-order valence-corrected chi connectivity index (χ0v) is 24.0. The molecule has 0 fully saturated rings. The topological polar surface area (TPSA) is 103 Å². The van der Waals surface area contributed by atoms with E-state index in [1.807, 2.05) is 105 Å². The Labute approximate surface area is 278 Å². The van der Waals surface area contributed by atoms with E-state index in [1.54, 1.807) is 31.5 Å². The number of fused-ring (bicyclic) bond motifs is 3. The zero-order chi connectivity index (χ0) is 30.2. The smallest absolute Gasteiger partial charge is 0.272 e. The van der Waals surface area contributed by atoms with E-state index >= 15 is 0 Å². The van der Waals surface area contributed by atoms with E-state index in [-0.39, 0.29) is 35.4 Å². The minimum Gasteiger partial charge on any atom is -0.457 e. The van der Waals surface area contributed by atoms with Crippen LogP contribution in [0.1, 0.15) is 49.1 Å². The molecule has 8 nitrogen and oxygen atoms in total. The first-order chi connectivity index (χ1) is 21.0. The van der Waals surface area contributed by atoms with Crippen molar-refractivity contribution in [1.82, 2.24) is 15.0 Å². The molecule has 0 spiro atoms. The Hall–Kier alpha value is -5.76. The van der Waals surface area contributed by atoms with Gasteiger partial charge in [0.1, 0.15) is 23.0 Å². The van der Waals surface area contributed by atoms with Gasteiger partial charge in [-0.25, -0.2) is 0 Å². The van der Waals surface area contributed by atoms with Crippen molar-refractivity contribution in [3.63, 3.8) is 0 Å². The molecule has 0 aliphatic carbocycles. The summed E-state index contributed by atoms with van der Waals surface area (Å²) in [6.07, 6.45) is 5.44. The summed E-state index contributed by atoms with van der Waals surface area (Å²) in [5.41, 5.74) is 3.54. The first-order valence-electron chi connectivity index (χ1n) is 13.9. The highest BCUT2D eigenvalue weighted by atomic mass is 16.6. The predicted octanol–water partition coefficient (Wildman–Crippen LogP) is 12.3. The van der Waals surface area contributed by atoms with Gasteiger partial charge in [-0.3, -0.25) is 20.1 Å². The molecule has 47 heavy (non-hydrogen) atoms. The molecule has 3 aromatic heterocycles. The molecule has 246 valence electrons. The standard InChI is InChI=1S/C17H12N2O.C16H12N2O3.C2H6.4CH4/c1-2-12-3-4-15(11-17(12)18-8-1)20-14-5-6-16-13(10-14)7-9-19-16;1-11-9-13(6-7-16(11)18(19)20)21-14-5-4-12-3-2-8-17-15(12)10-14;1-2;;;;/h1-11,19H;2-10H,1H3;1-2H3;4*1H4. The highest BCUT2D eigenvalue weighted by molar-refractivity contribution is 5.82. The third kappa shape index (κ3) is 9.61. The maximum atomic E-state index is 10.8. The SMILES string of the molecule is C.C.C.C.CC.Cc1cc(Oc2ccc3cccnc3c2)ccc1[N+](=O)[O-].c1cnc2cc(Oc3ccc4[nH]ccc4c3)ccc2c1. The third-order valence-corrected chi connectivity index (χ3v) is 6.52. The van der Waals surface area contributed by atoms with Crippen molar-refractivity contribution in [2.24, 2.45) is 0 Å². The lowest BCUT2D eigenvalue weighted by Gasteiger charge is -2.07. The molecule has 0 aliphatic rings. The van der Waals surface area contributed by atoms with Crippen LogP contribution in [0.3, 0.4) is 0 Å². The second-order valence-corrected chi connectivity index (χ2v) is 9.35. The van der Waals surface area contributed by atoms with Gasteiger partial charge >= 0.3 is 0 Å². The molecule has 0 bridgehead atoms. The van der Waals surface area contributed by atoms with Gasteiger partial charge in [0.2, 0.25) is 0 Å². The normalized spacial score (nSPS) is 9.51. The summed E-state index contributed by atoms with van der Waals surface area (Å²) in [5, 5.41) is 14.1. The maximum absolute atomic E-state index is 10.8. The minimum atomic E-state index is -0.404. The summed E-state index contributed by atoms with van der Waals surface area (Å²) >= 11 is 0. The molecule has 0 unspecified atom stereocenters. The van der Waals surface area contributed by atoms with Crippen LogP contribution in [-0.4, -0.2) is 19.9 Å². The molecule has 0 aliphatic heterocycles. The number of aromatic nitrogens is 3. The predicted molar refractivity (Wildman–Crippen MR) is 198 cm³/mol. The van der Waals surface area contributed by atoms with Gasteiger partial charge in [-0.2, -0.15) is 0 Å². The van der Waals surface area contributed by atoms with Crippen molar-refractivity contribution in [2.75, 3.05) is 0 Å². The third-order valence-electron chi connectivity index (χ3n) is 6.52. The van der Waals surface area contributed by atoms with Gasteiger partial charge < -0.3 is 14.5 Å². The Morgan fingerprint density at radius 3 is 1.64 bits per heavy atom. The Kier molecular flexibility index (Phi) is 15.3. The van der Waals surface area contributed by atoms with E-state index < -0.39 is 4.92 Å². The van der Waals surface area contributed by atoms with Crippen LogP contribution < -0.4 is 9.47 Å². The number of H-pyrrole nitrogens is 1. The van der Waals surface area contributed by atoms with Gasteiger partial charge in [0, 0.05) is 64.0 Å². The number of aryl methyl sites for hydroxylation is 1. The highest BCUT2D eigenvalue weighted by Crippen LogP contribution is 2.29. The number of hydrogen-bond donors (Lipinski definition) is 1. The van der Waals surface area contributed by atoms with Gasteiger partial charge in [-0.05, 0) is 79.7 Å². The number of pyridine rings is 2. The lowest BCUT2D eigenvalue weighted by Crippen LogP contribution is -1.92. The number of rotatable bonds is 5. The summed E-state index contributed by atoms with van der Waals surface area (Å²) in [6, 6.07) is 32.1. The Morgan fingerprint density at radius 1 is 0.617 bits per heavy atom. The van der Waals surface area contributed by atoms with Gasteiger partial charge in [0.05, 0.1) is 16.0 Å². The number of nitrogens with one attached hydrogen (secondary N) is 1. The molecule has 0 saturated heterocycles. The van der Waals surface area contributed by atoms with Crippen LogP contribution in [-0.2, 0) is 0 Å². The maximum Gasteiger partial charge on any atom is 0.272 e. The lowest BCUT2D eigenvalue weighted by molar-refractivity contribution is -0.385. The van der Waals surface area contributed by atoms with Crippen molar-refractivity contribution < 1.29 is 14.4 Å². The van der Waals surface area contributed by atoms with Crippen molar-refractivity contribution in [2.45, 2.75) is 50.5 Å². The molecule has 0 saturated carbocycles. The van der Waals surface area contributed by atoms with Crippen LogP contribution in [0.2, 0.25) is 0 Å². The zero-order valence-electron chi connectivity index (χ0n) is 24.0. The van der Waals surface area contributed by atoms with Crippen molar-refractivity contribution in [3.8, 4) is 23.0 Å². The molecular weight excluding hydrogens is 588 g/mol. The van der Waals surface area contributed by atoms with Crippen LogP contribution >= 0.6 is 0 Å². The van der Waals surface area contributed by atoms with E-state index in [4.69, 9.17) is 9.47 Å². The van der Waals surface area contributed by atoms with Gasteiger partial charge in [-0.1, -0.05) is 55.7 Å². The average molecular weight is 635 g/mol. The molecule has 4 aromatic carbocycles. The summed E-state index contributed by atoms with van der Waals surface area (Å²) in [5.74, 6) is 2.83. The highest BCUT2D eigenvalue weighted by Gasteiger charge is 2.11. The van der Waals surface area contributed by atoms with Crippen LogP contribution in [0.5, 0.6) is 23.0 Å². The molecule has 3 heterocycles. The largest absolute Gasteiger partial charge is 0.457 e. The van der Waals surface area contributed by atoms with E-state index in [9.17, 15) is 10.1 Å². The number of nitrogens with zero attached hydrogens (tertiary/aromatic N) is 3. The van der Waals surface area contributed by atoms with Crippen LogP contribution in [0, 0.1) is 17.0 Å². The average Bonchev–Trinajstić information content (AvgIpc) is 3.50. The summed E-state index contributed by atoms with van der Waals surface area (Å²) < 4.78 is 11.6. The molecule has 8 heteroatoms. The second kappa shape index (κ2) is 18.3. The van der Waals surface area contributed by atoms with E-state index in [2.05, 4.69) is 15.0 Å². The Morgan fingerprint density at radius 2 is 1.11 bits per heavy atom. The first-order valence-corrected chi connectivity index (χ1v) is 13.9. The molecule has 7 aromatic rings. The minimum absolute atomic E-state index is 0. The molecule has 0 atom stereocenters. The quantitative estimate of drug-likeness (QED) is 0.149. The summed E-state index contributed by atoms with van der Waals surface area (Å²) in [7, 11) is 0. The van der Waals surface area contributed by atoms with Crippen molar-refractivity contribution >= 4 is 38.4 Å². The molecule has 1 N–H and O–H groups in total. The monoisotopic (exact) mass is 634 g/mol. The molecule has 0 amide bonds. The van der Waals surface area contributed by atoms with E-state index in [1.165, 1.54) is 6.07 Å². The van der Waals surface area contributed by atoms with E-state index in [0.717, 1.165) is 44.2 Å².